The largest absolute Gasteiger partial charge is 0.326 e. The molecular formula is C14H15Br2NS2. The lowest BCUT2D eigenvalue weighted by atomic mass is 10.1. The van der Waals surface area contributed by atoms with Crippen molar-refractivity contribution in [3.8, 4) is 0 Å². The van der Waals surface area contributed by atoms with E-state index in [2.05, 4.69) is 68.4 Å². The zero-order chi connectivity index (χ0) is 13.8. The minimum absolute atomic E-state index is 0.162. The summed E-state index contributed by atoms with van der Waals surface area (Å²) < 4.78 is 2.24. The average molecular weight is 421 g/mol. The van der Waals surface area contributed by atoms with E-state index in [0.29, 0.717) is 5.25 Å². The van der Waals surface area contributed by atoms with Crippen LogP contribution in [0.5, 0.6) is 0 Å². The van der Waals surface area contributed by atoms with Gasteiger partial charge in [-0.3, -0.25) is 0 Å². The van der Waals surface area contributed by atoms with Gasteiger partial charge in [0.25, 0.3) is 0 Å². The number of nitrogens with two attached hydrogens (primary N) is 1. The standard InChI is InChI=1S/C14H15Br2NS2/c1-2-12(17)14(13-7-10(16)8-18-13)19-11-5-3-4-9(15)6-11/h3-8,12,14H,2,17H2,1H3. The lowest BCUT2D eigenvalue weighted by Gasteiger charge is -2.21. The fourth-order valence-corrected chi connectivity index (χ4v) is 5.29. The number of halogens is 2. The third kappa shape index (κ3) is 4.33. The van der Waals surface area contributed by atoms with Gasteiger partial charge < -0.3 is 5.73 Å². The van der Waals surface area contributed by atoms with E-state index in [1.165, 1.54) is 9.77 Å². The average Bonchev–Trinajstić information content (AvgIpc) is 2.81. The summed E-state index contributed by atoms with van der Waals surface area (Å²) >= 11 is 10.6. The van der Waals surface area contributed by atoms with Crippen LogP contribution < -0.4 is 5.73 Å². The highest BCUT2D eigenvalue weighted by atomic mass is 79.9. The molecule has 19 heavy (non-hydrogen) atoms. The van der Waals surface area contributed by atoms with Crippen LogP contribution in [0.1, 0.15) is 23.5 Å². The van der Waals surface area contributed by atoms with Crippen LogP contribution in [-0.2, 0) is 0 Å². The van der Waals surface area contributed by atoms with Gasteiger partial charge in [0.2, 0.25) is 0 Å². The first kappa shape index (κ1) is 15.6. The number of rotatable bonds is 5. The summed E-state index contributed by atoms with van der Waals surface area (Å²) in [6, 6.07) is 10.7. The molecule has 2 unspecified atom stereocenters. The molecular weight excluding hydrogens is 406 g/mol. The Bertz CT molecular complexity index is 542. The molecule has 0 saturated carbocycles. The van der Waals surface area contributed by atoms with E-state index in [1.807, 2.05) is 17.8 Å². The summed E-state index contributed by atoms with van der Waals surface area (Å²) in [5.74, 6) is 0. The Hall–Kier alpha value is 0.190. The second kappa shape index (κ2) is 7.27. The van der Waals surface area contributed by atoms with Gasteiger partial charge in [0, 0.05) is 30.1 Å². The second-order valence-corrected chi connectivity index (χ2v) is 8.22. The number of benzene rings is 1. The van der Waals surface area contributed by atoms with Crippen LogP contribution in [0.3, 0.4) is 0 Å². The van der Waals surface area contributed by atoms with Gasteiger partial charge in [0.1, 0.15) is 0 Å². The molecule has 1 heterocycles. The molecule has 0 aliphatic carbocycles. The fraction of sp³-hybridized carbons (Fsp3) is 0.286. The van der Waals surface area contributed by atoms with Gasteiger partial charge in [-0.2, -0.15) is 0 Å². The highest BCUT2D eigenvalue weighted by molar-refractivity contribution is 9.10. The SMILES string of the molecule is CCC(N)C(Sc1cccc(Br)c1)c1cc(Br)cs1. The van der Waals surface area contributed by atoms with Crippen molar-refractivity contribution in [2.75, 3.05) is 0 Å². The minimum Gasteiger partial charge on any atom is -0.326 e. The minimum atomic E-state index is 0.162. The van der Waals surface area contributed by atoms with Gasteiger partial charge >= 0.3 is 0 Å². The van der Waals surface area contributed by atoms with Gasteiger partial charge in [-0.1, -0.05) is 28.9 Å². The Balaban J connectivity index is 2.24. The van der Waals surface area contributed by atoms with Crippen LogP contribution in [0.15, 0.2) is 49.6 Å². The summed E-state index contributed by atoms with van der Waals surface area (Å²) in [5.41, 5.74) is 6.30. The van der Waals surface area contributed by atoms with Crippen LogP contribution in [0.25, 0.3) is 0 Å². The van der Waals surface area contributed by atoms with Gasteiger partial charge in [0.05, 0.1) is 5.25 Å². The number of thiophene rings is 1. The lowest BCUT2D eigenvalue weighted by molar-refractivity contribution is 0.640. The third-order valence-electron chi connectivity index (χ3n) is 2.79. The lowest BCUT2D eigenvalue weighted by Crippen LogP contribution is -2.25. The predicted octanol–water partition coefficient (Wildman–Crippen LogP) is 5.84. The summed E-state index contributed by atoms with van der Waals surface area (Å²) in [6.07, 6.45) is 0.973. The molecule has 0 amide bonds. The first-order valence-corrected chi connectivity index (χ1v) is 9.36. The molecule has 2 atom stereocenters. The Labute approximate surface area is 139 Å². The Kier molecular flexibility index (Phi) is 5.96. The van der Waals surface area contributed by atoms with E-state index in [4.69, 9.17) is 5.73 Å². The van der Waals surface area contributed by atoms with Crippen LogP contribution in [0, 0.1) is 0 Å². The summed E-state index contributed by atoms with van der Waals surface area (Å²) in [6.45, 7) is 2.14. The van der Waals surface area contributed by atoms with Crippen LogP contribution in [0.2, 0.25) is 0 Å². The molecule has 2 rings (SSSR count). The van der Waals surface area contributed by atoms with Crippen molar-refractivity contribution in [1.82, 2.24) is 0 Å². The van der Waals surface area contributed by atoms with Crippen molar-refractivity contribution < 1.29 is 0 Å². The van der Waals surface area contributed by atoms with Crippen LogP contribution in [0.4, 0.5) is 0 Å². The maximum atomic E-state index is 6.30. The van der Waals surface area contributed by atoms with Crippen molar-refractivity contribution in [2.24, 2.45) is 5.73 Å². The molecule has 1 aromatic carbocycles. The van der Waals surface area contributed by atoms with Crippen molar-refractivity contribution in [2.45, 2.75) is 29.5 Å². The first-order valence-electron chi connectivity index (χ1n) is 6.02. The zero-order valence-corrected chi connectivity index (χ0v) is 15.3. The molecule has 0 saturated heterocycles. The van der Waals surface area contributed by atoms with E-state index in [0.717, 1.165) is 15.4 Å². The summed E-state index contributed by atoms with van der Waals surface area (Å²) in [5, 5.41) is 2.42. The molecule has 0 fully saturated rings. The molecule has 102 valence electrons. The van der Waals surface area contributed by atoms with Crippen LogP contribution in [-0.4, -0.2) is 6.04 Å². The van der Waals surface area contributed by atoms with Crippen molar-refractivity contribution in [3.05, 3.63) is 49.5 Å². The summed E-state index contributed by atoms with van der Waals surface area (Å²) in [4.78, 5) is 2.57. The molecule has 0 bridgehead atoms. The first-order chi connectivity index (χ1) is 9.10. The monoisotopic (exact) mass is 419 g/mol. The molecule has 0 spiro atoms. The molecule has 2 N–H and O–H groups in total. The molecule has 0 radical (unpaired) electrons. The van der Waals surface area contributed by atoms with Gasteiger partial charge in [-0.15, -0.1) is 23.1 Å². The molecule has 0 aliphatic heterocycles. The van der Waals surface area contributed by atoms with Gasteiger partial charge in [-0.25, -0.2) is 0 Å². The maximum Gasteiger partial charge on any atom is 0.0589 e. The number of hydrogen-bond donors (Lipinski definition) is 1. The molecule has 5 heteroatoms. The highest BCUT2D eigenvalue weighted by Gasteiger charge is 2.21. The molecule has 0 aliphatic rings. The Morgan fingerprint density at radius 2 is 2.05 bits per heavy atom. The normalized spacial score (nSPS) is 14.3. The van der Waals surface area contributed by atoms with Crippen molar-refractivity contribution >= 4 is 55.0 Å². The number of hydrogen-bond acceptors (Lipinski definition) is 3. The molecule has 2 aromatic rings. The van der Waals surface area contributed by atoms with E-state index in [1.54, 1.807) is 11.3 Å². The van der Waals surface area contributed by atoms with Gasteiger partial charge in [-0.05, 0) is 46.6 Å². The smallest absolute Gasteiger partial charge is 0.0589 e. The van der Waals surface area contributed by atoms with E-state index in [-0.39, 0.29) is 6.04 Å². The highest BCUT2D eigenvalue weighted by Crippen LogP contribution is 2.41. The van der Waals surface area contributed by atoms with Crippen molar-refractivity contribution in [3.63, 3.8) is 0 Å². The zero-order valence-electron chi connectivity index (χ0n) is 10.5. The van der Waals surface area contributed by atoms with E-state index in [9.17, 15) is 0 Å². The predicted molar refractivity (Wildman–Crippen MR) is 93.0 cm³/mol. The number of thioether (sulfide) groups is 1. The van der Waals surface area contributed by atoms with E-state index >= 15 is 0 Å². The Morgan fingerprint density at radius 3 is 2.63 bits per heavy atom. The Morgan fingerprint density at radius 1 is 1.26 bits per heavy atom. The second-order valence-electron chi connectivity index (χ2n) is 4.24. The quantitative estimate of drug-likeness (QED) is 0.614. The van der Waals surface area contributed by atoms with E-state index < -0.39 is 0 Å². The fourth-order valence-electron chi connectivity index (χ4n) is 1.73. The third-order valence-corrected chi connectivity index (χ3v) is 6.59. The molecule has 1 aromatic heterocycles. The summed E-state index contributed by atoms with van der Waals surface area (Å²) in [7, 11) is 0. The maximum absolute atomic E-state index is 6.30. The van der Waals surface area contributed by atoms with Gasteiger partial charge in [0.15, 0.2) is 0 Å². The topological polar surface area (TPSA) is 26.0 Å². The van der Waals surface area contributed by atoms with Crippen LogP contribution >= 0.6 is 55.0 Å². The van der Waals surface area contributed by atoms with Crippen molar-refractivity contribution in [1.29, 1.82) is 0 Å². The molecule has 1 nitrogen and oxygen atoms in total.